The first-order valence-electron chi connectivity index (χ1n) is 7.49. The number of nitrogens with zero attached hydrogens (tertiary/aromatic N) is 2. The number of aromatic nitrogens is 1. The highest BCUT2D eigenvalue weighted by Crippen LogP contribution is 2.32. The van der Waals surface area contributed by atoms with E-state index < -0.39 is 0 Å². The van der Waals surface area contributed by atoms with Crippen molar-refractivity contribution >= 4 is 34.9 Å². The number of halogens is 1. The van der Waals surface area contributed by atoms with Crippen LogP contribution in [0.3, 0.4) is 0 Å². The number of pyridine rings is 1. The molecule has 0 fully saturated rings. The van der Waals surface area contributed by atoms with Crippen LogP contribution in [-0.2, 0) is 9.59 Å². The maximum atomic E-state index is 12.1. The van der Waals surface area contributed by atoms with Crippen molar-refractivity contribution < 1.29 is 14.3 Å². The van der Waals surface area contributed by atoms with Gasteiger partial charge < -0.3 is 15.0 Å². The van der Waals surface area contributed by atoms with Crippen molar-refractivity contribution in [2.24, 2.45) is 0 Å². The minimum Gasteiger partial charge on any atom is -0.482 e. The minimum absolute atomic E-state index is 0.0203. The van der Waals surface area contributed by atoms with Crippen LogP contribution in [0.15, 0.2) is 36.4 Å². The summed E-state index contributed by atoms with van der Waals surface area (Å²) in [7, 11) is 0. The summed E-state index contributed by atoms with van der Waals surface area (Å²) in [5.74, 6) is 0.634. The summed E-state index contributed by atoms with van der Waals surface area (Å²) in [5, 5.41) is 2.97. The molecule has 2 amide bonds. The van der Waals surface area contributed by atoms with Crippen molar-refractivity contribution in [2.75, 3.05) is 23.4 Å². The summed E-state index contributed by atoms with van der Waals surface area (Å²) in [4.78, 5) is 29.8. The van der Waals surface area contributed by atoms with Crippen molar-refractivity contribution in [3.63, 3.8) is 0 Å². The van der Waals surface area contributed by atoms with E-state index in [2.05, 4.69) is 10.3 Å². The molecule has 2 heterocycles. The van der Waals surface area contributed by atoms with Crippen LogP contribution in [-0.4, -0.2) is 29.9 Å². The molecular formula is C17H16ClN3O3. The van der Waals surface area contributed by atoms with Crippen molar-refractivity contribution in [3.05, 3.63) is 47.1 Å². The number of ether oxygens (including phenoxy) is 1. The van der Waals surface area contributed by atoms with Gasteiger partial charge in [0.15, 0.2) is 6.61 Å². The molecule has 0 saturated carbocycles. The van der Waals surface area contributed by atoms with Crippen molar-refractivity contribution in [1.82, 2.24) is 4.98 Å². The minimum atomic E-state index is -0.238. The number of carbonyl (C=O) groups is 2. The summed E-state index contributed by atoms with van der Waals surface area (Å²) in [5.41, 5.74) is 1.71. The van der Waals surface area contributed by atoms with Gasteiger partial charge in [0.05, 0.1) is 5.69 Å². The second kappa shape index (κ2) is 6.88. The maximum Gasteiger partial charge on any atom is 0.265 e. The zero-order chi connectivity index (χ0) is 17.1. The lowest BCUT2D eigenvalue weighted by Crippen LogP contribution is -2.40. The molecule has 0 atom stereocenters. The first-order valence-corrected chi connectivity index (χ1v) is 7.87. The van der Waals surface area contributed by atoms with E-state index in [9.17, 15) is 9.59 Å². The van der Waals surface area contributed by atoms with Gasteiger partial charge in [-0.1, -0.05) is 23.7 Å². The van der Waals surface area contributed by atoms with Gasteiger partial charge in [-0.3, -0.25) is 9.59 Å². The molecule has 2 aromatic rings. The molecule has 0 bridgehead atoms. The first kappa shape index (κ1) is 16.3. The third-order valence-electron chi connectivity index (χ3n) is 3.60. The van der Waals surface area contributed by atoms with E-state index in [1.165, 1.54) is 0 Å². The fourth-order valence-corrected chi connectivity index (χ4v) is 2.62. The van der Waals surface area contributed by atoms with Gasteiger partial charge in [0.1, 0.15) is 16.7 Å². The Morgan fingerprint density at radius 3 is 3.00 bits per heavy atom. The van der Waals surface area contributed by atoms with Crippen LogP contribution in [0.4, 0.5) is 11.5 Å². The van der Waals surface area contributed by atoms with Crippen LogP contribution in [0, 0.1) is 6.92 Å². The molecule has 0 radical (unpaired) electrons. The fourth-order valence-electron chi connectivity index (χ4n) is 2.45. The molecule has 1 aromatic carbocycles. The van der Waals surface area contributed by atoms with Crippen LogP contribution < -0.4 is 15.0 Å². The topological polar surface area (TPSA) is 71.5 Å². The number of fused-ring (bicyclic) bond motifs is 1. The quantitative estimate of drug-likeness (QED) is 0.865. The van der Waals surface area contributed by atoms with Crippen molar-refractivity contribution in [3.8, 4) is 5.75 Å². The largest absolute Gasteiger partial charge is 0.482 e. The second-order valence-electron chi connectivity index (χ2n) is 5.45. The predicted octanol–water partition coefficient (Wildman–Crippen LogP) is 2.80. The van der Waals surface area contributed by atoms with Gasteiger partial charge in [-0.2, -0.15) is 0 Å². The average Bonchev–Trinajstić information content (AvgIpc) is 2.54. The number of nitrogens with one attached hydrogen (secondary N) is 1. The highest BCUT2D eigenvalue weighted by atomic mass is 35.5. The Kier molecular flexibility index (Phi) is 4.66. The number of anilines is 2. The Balaban J connectivity index is 1.67. The molecule has 124 valence electrons. The highest BCUT2D eigenvalue weighted by Gasteiger charge is 2.25. The van der Waals surface area contributed by atoms with Crippen LogP contribution in [0.1, 0.15) is 12.0 Å². The molecule has 0 saturated heterocycles. The van der Waals surface area contributed by atoms with Gasteiger partial charge in [0.25, 0.3) is 5.91 Å². The van der Waals surface area contributed by atoms with E-state index in [0.717, 1.165) is 5.56 Å². The van der Waals surface area contributed by atoms with E-state index in [4.69, 9.17) is 16.3 Å². The van der Waals surface area contributed by atoms with Gasteiger partial charge >= 0.3 is 0 Å². The van der Waals surface area contributed by atoms with Gasteiger partial charge in [-0.05, 0) is 36.8 Å². The summed E-state index contributed by atoms with van der Waals surface area (Å²) in [6.07, 6.45) is 0.146. The molecule has 1 aliphatic heterocycles. The monoisotopic (exact) mass is 345 g/mol. The molecule has 1 N–H and O–H groups in total. The number of aryl methyl sites for hydroxylation is 1. The average molecular weight is 346 g/mol. The summed E-state index contributed by atoms with van der Waals surface area (Å²) in [6, 6.07) is 10.6. The molecule has 24 heavy (non-hydrogen) atoms. The van der Waals surface area contributed by atoms with E-state index >= 15 is 0 Å². The van der Waals surface area contributed by atoms with Gasteiger partial charge in [0.2, 0.25) is 5.91 Å². The maximum absolute atomic E-state index is 12.1. The Hall–Kier alpha value is -2.60. The van der Waals surface area contributed by atoms with Gasteiger partial charge in [-0.15, -0.1) is 0 Å². The van der Waals surface area contributed by atoms with Crippen LogP contribution in [0.25, 0.3) is 0 Å². The highest BCUT2D eigenvalue weighted by molar-refractivity contribution is 6.29. The molecule has 1 aliphatic rings. The molecule has 1 aromatic heterocycles. The molecule has 0 spiro atoms. The van der Waals surface area contributed by atoms with Gasteiger partial charge in [0, 0.05) is 13.0 Å². The smallest absolute Gasteiger partial charge is 0.265 e. The Bertz CT molecular complexity index is 794. The zero-order valence-electron chi connectivity index (χ0n) is 13.1. The standard InChI is InChI=1S/C17H16ClN3O3/c1-11-5-6-13-12(9-11)21(17(23)10-24-13)8-7-16(22)20-15-4-2-3-14(18)19-15/h2-6,9H,7-8,10H2,1H3,(H,19,20,22). The number of rotatable bonds is 4. The molecule has 0 aliphatic carbocycles. The van der Waals surface area contributed by atoms with E-state index in [-0.39, 0.29) is 31.4 Å². The summed E-state index contributed by atoms with van der Waals surface area (Å²) in [6.45, 7) is 2.19. The van der Waals surface area contributed by atoms with E-state index in [1.54, 1.807) is 23.1 Å². The molecule has 6 nitrogen and oxygen atoms in total. The number of carbonyl (C=O) groups excluding carboxylic acids is 2. The molecule has 3 rings (SSSR count). The SMILES string of the molecule is Cc1ccc2c(c1)N(CCC(=O)Nc1cccc(Cl)n1)C(=O)CO2. The van der Waals surface area contributed by atoms with Gasteiger partial charge in [-0.25, -0.2) is 4.98 Å². The number of benzene rings is 1. The Labute approximate surface area is 144 Å². The Morgan fingerprint density at radius 1 is 1.38 bits per heavy atom. The lowest BCUT2D eigenvalue weighted by Gasteiger charge is -2.29. The fraction of sp³-hybridized carbons (Fsp3) is 0.235. The number of amides is 2. The lowest BCUT2D eigenvalue weighted by atomic mass is 10.1. The summed E-state index contributed by atoms with van der Waals surface area (Å²) < 4.78 is 5.42. The van der Waals surface area contributed by atoms with Crippen LogP contribution in [0.2, 0.25) is 5.15 Å². The normalized spacial score (nSPS) is 13.2. The zero-order valence-corrected chi connectivity index (χ0v) is 13.8. The van der Waals surface area contributed by atoms with Crippen LogP contribution in [0.5, 0.6) is 5.75 Å². The third-order valence-corrected chi connectivity index (χ3v) is 3.81. The number of hydrogen-bond acceptors (Lipinski definition) is 4. The second-order valence-corrected chi connectivity index (χ2v) is 5.84. The predicted molar refractivity (Wildman–Crippen MR) is 91.5 cm³/mol. The lowest BCUT2D eigenvalue weighted by molar-refractivity contribution is -0.121. The Morgan fingerprint density at radius 2 is 2.21 bits per heavy atom. The molecule has 7 heteroatoms. The first-order chi connectivity index (χ1) is 11.5. The van der Waals surface area contributed by atoms with E-state index in [1.807, 2.05) is 25.1 Å². The van der Waals surface area contributed by atoms with E-state index in [0.29, 0.717) is 22.4 Å². The summed E-state index contributed by atoms with van der Waals surface area (Å²) >= 11 is 5.79. The van der Waals surface area contributed by atoms with Crippen molar-refractivity contribution in [2.45, 2.75) is 13.3 Å². The third kappa shape index (κ3) is 3.65. The molecule has 0 unspecified atom stereocenters. The van der Waals surface area contributed by atoms with Crippen molar-refractivity contribution in [1.29, 1.82) is 0 Å². The molecular weight excluding hydrogens is 330 g/mol. The van der Waals surface area contributed by atoms with Crippen LogP contribution >= 0.6 is 11.6 Å². The number of hydrogen-bond donors (Lipinski definition) is 1.